The van der Waals surface area contributed by atoms with Crippen LogP contribution in [0.15, 0.2) is 66.7 Å². The monoisotopic (exact) mass is 428 g/mol. The highest BCUT2D eigenvalue weighted by molar-refractivity contribution is 6.26. The SMILES string of the molecule is O=C1c2c(OCc3ccccc3)cccc2-c2nn(NCCNCCO)c3cccc1c23. The molecule has 0 aliphatic heterocycles. The molecular formula is C25H24N4O3. The second kappa shape index (κ2) is 8.82. The number of hydrogen-bond acceptors (Lipinski definition) is 6. The van der Waals surface area contributed by atoms with Gasteiger partial charge in [0.25, 0.3) is 0 Å². The van der Waals surface area contributed by atoms with Crippen LogP contribution in [0.5, 0.6) is 5.75 Å². The van der Waals surface area contributed by atoms with E-state index >= 15 is 0 Å². The van der Waals surface area contributed by atoms with E-state index in [1.54, 1.807) is 4.79 Å². The van der Waals surface area contributed by atoms with E-state index in [0.717, 1.165) is 27.7 Å². The molecule has 0 bridgehead atoms. The number of nitrogens with one attached hydrogen (secondary N) is 2. The number of aromatic nitrogens is 2. The predicted molar refractivity (Wildman–Crippen MR) is 124 cm³/mol. The molecule has 4 aromatic rings. The molecule has 0 saturated heterocycles. The maximum atomic E-state index is 13.5. The lowest BCUT2D eigenvalue weighted by Crippen LogP contribution is -2.28. The molecule has 3 N–H and O–H groups in total. The second-order valence-electron chi connectivity index (χ2n) is 7.62. The number of aliphatic hydroxyl groups excluding tert-OH is 1. The Morgan fingerprint density at radius 2 is 1.72 bits per heavy atom. The van der Waals surface area contributed by atoms with Crippen LogP contribution in [-0.2, 0) is 6.61 Å². The van der Waals surface area contributed by atoms with Crippen molar-refractivity contribution in [2.45, 2.75) is 6.61 Å². The Hall–Kier alpha value is -3.68. The van der Waals surface area contributed by atoms with Gasteiger partial charge in [-0.25, -0.2) is 0 Å². The zero-order valence-electron chi connectivity index (χ0n) is 17.5. The molecule has 0 radical (unpaired) electrons. The summed E-state index contributed by atoms with van der Waals surface area (Å²) in [4.78, 5) is 15.2. The zero-order valence-corrected chi connectivity index (χ0v) is 17.5. The van der Waals surface area contributed by atoms with Crippen molar-refractivity contribution in [3.05, 3.63) is 83.4 Å². The Balaban J connectivity index is 1.50. The first-order valence-corrected chi connectivity index (χ1v) is 10.7. The van der Waals surface area contributed by atoms with Gasteiger partial charge in [0.1, 0.15) is 18.1 Å². The summed E-state index contributed by atoms with van der Waals surface area (Å²) in [5, 5.41) is 17.7. The Labute approximate surface area is 185 Å². The van der Waals surface area contributed by atoms with E-state index in [2.05, 4.69) is 10.7 Å². The van der Waals surface area contributed by atoms with Gasteiger partial charge in [0.15, 0.2) is 5.78 Å². The summed E-state index contributed by atoms with van der Waals surface area (Å²) in [6.07, 6.45) is 0. The fraction of sp³-hybridized carbons (Fsp3) is 0.200. The van der Waals surface area contributed by atoms with Gasteiger partial charge in [0.2, 0.25) is 0 Å². The van der Waals surface area contributed by atoms with E-state index in [4.69, 9.17) is 14.9 Å². The third kappa shape index (κ3) is 3.62. The maximum absolute atomic E-state index is 13.5. The molecule has 32 heavy (non-hydrogen) atoms. The van der Waals surface area contributed by atoms with Crippen molar-refractivity contribution >= 4 is 16.7 Å². The van der Waals surface area contributed by atoms with Crippen molar-refractivity contribution < 1.29 is 14.6 Å². The van der Waals surface area contributed by atoms with Gasteiger partial charge in [-0.15, -0.1) is 0 Å². The van der Waals surface area contributed by atoms with Gasteiger partial charge >= 0.3 is 0 Å². The summed E-state index contributed by atoms with van der Waals surface area (Å²) >= 11 is 0. The predicted octanol–water partition coefficient (Wildman–Crippen LogP) is 2.95. The fourth-order valence-electron chi connectivity index (χ4n) is 4.07. The van der Waals surface area contributed by atoms with E-state index in [1.165, 1.54) is 0 Å². The second-order valence-corrected chi connectivity index (χ2v) is 7.62. The molecule has 0 spiro atoms. The Morgan fingerprint density at radius 1 is 0.906 bits per heavy atom. The normalized spacial score (nSPS) is 12.1. The Kier molecular flexibility index (Phi) is 5.58. The van der Waals surface area contributed by atoms with Gasteiger partial charge in [-0.05, 0) is 17.7 Å². The molecule has 7 heteroatoms. The first-order valence-electron chi connectivity index (χ1n) is 10.7. The molecule has 3 aromatic carbocycles. The van der Waals surface area contributed by atoms with Crippen LogP contribution in [0, 0.1) is 0 Å². The number of carbonyl (C=O) groups excluding carboxylic acids is 1. The highest BCUT2D eigenvalue weighted by Crippen LogP contribution is 2.42. The lowest BCUT2D eigenvalue weighted by molar-refractivity contribution is 0.103. The lowest BCUT2D eigenvalue weighted by atomic mass is 9.87. The van der Waals surface area contributed by atoms with Crippen molar-refractivity contribution in [1.82, 2.24) is 15.2 Å². The molecule has 162 valence electrons. The summed E-state index contributed by atoms with van der Waals surface area (Å²) in [5.41, 5.74) is 7.92. The third-order valence-electron chi connectivity index (χ3n) is 5.55. The highest BCUT2D eigenvalue weighted by atomic mass is 16.5. The average molecular weight is 428 g/mol. The molecule has 1 aliphatic rings. The summed E-state index contributed by atoms with van der Waals surface area (Å²) in [6.45, 7) is 2.35. The molecule has 0 saturated carbocycles. The van der Waals surface area contributed by atoms with Crippen molar-refractivity contribution in [1.29, 1.82) is 0 Å². The van der Waals surface area contributed by atoms with E-state index in [9.17, 15) is 4.79 Å². The number of rotatable bonds is 9. The smallest absolute Gasteiger partial charge is 0.198 e. The van der Waals surface area contributed by atoms with Crippen LogP contribution in [0.1, 0.15) is 21.5 Å². The lowest BCUT2D eigenvalue weighted by Gasteiger charge is -2.18. The van der Waals surface area contributed by atoms with E-state index in [-0.39, 0.29) is 12.4 Å². The van der Waals surface area contributed by atoms with Crippen LogP contribution < -0.4 is 15.5 Å². The minimum atomic E-state index is -0.0501. The largest absolute Gasteiger partial charge is 0.488 e. The number of nitrogens with zero attached hydrogens (tertiary/aromatic N) is 2. The number of hydrogen-bond donors (Lipinski definition) is 3. The number of ketones is 1. The maximum Gasteiger partial charge on any atom is 0.198 e. The molecule has 5 rings (SSSR count). The van der Waals surface area contributed by atoms with Gasteiger partial charge in [0.05, 0.1) is 17.7 Å². The van der Waals surface area contributed by atoms with Gasteiger partial charge in [-0.3, -0.25) is 4.79 Å². The first-order chi connectivity index (χ1) is 15.8. The number of benzene rings is 3. The molecule has 1 heterocycles. The van der Waals surface area contributed by atoms with E-state index < -0.39 is 0 Å². The molecule has 0 unspecified atom stereocenters. The van der Waals surface area contributed by atoms with Gasteiger partial charge in [0, 0.05) is 36.1 Å². The van der Waals surface area contributed by atoms with Gasteiger partial charge < -0.3 is 20.6 Å². The van der Waals surface area contributed by atoms with Crippen LogP contribution in [0.25, 0.3) is 22.2 Å². The minimum Gasteiger partial charge on any atom is -0.488 e. The van der Waals surface area contributed by atoms with Crippen LogP contribution in [0.2, 0.25) is 0 Å². The molecule has 0 atom stereocenters. The minimum absolute atomic E-state index is 0.0501. The Morgan fingerprint density at radius 3 is 2.56 bits per heavy atom. The van der Waals surface area contributed by atoms with Crippen molar-refractivity contribution in [2.24, 2.45) is 0 Å². The zero-order chi connectivity index (χ0) is 21.9. The summed E-state index contributed by atoms with van der Waals surface area (Å²) in [5.74, 6) is 0.514. The quantitative estimate of drug-likeness (QED) is 0.313. The average Bonchev–Trinajstić information content (AvgIpc) is 3.21. The third-order valence-corrected chi connectivity index (χ3v) is 5.55. The Bertz CT molecular complexity index is 1270. The summed E-state index contributed by atoms with van der Waals surface area (Å²) < 4.78 is 6.08. The molecule has 0 fully saturated rings. The number of aliphatic hydroxyl groups is 1. The van der Waals surface area contributed by atoms with E-state index in [0.29, 0.717) is 43.1 Å². The van der Waals surface area contributed by atoms with Crippen LogP contribution >= 0.6 is 0 Å². The molecular weight excluding hydrogens is 404 g/mol. The molecule has 1 aliphatic carbocycles. The van der Waals surface area contributed by atoms with E-state index in [1.807, 2.05) is 66.7 Å². The molecule has 1 aromatic heterocycles. The fourth-order valence-corrected chi connectivity index (χ4v) is 4.07. The van der Waals surface area contributed by atoms with Gasteiger partial charge in [-0.2, -0.15) is 9.89 Å². The van der Waals surface area contributed by atoms with Crippen molar-refractivity contribution in [2.75, 3.05) is 31.7 Å². The topological polar surface area (TPSA) is 88.4 Å². The standard InChI is InChI=1S/C25H24N4O3/c30-15-14-26-12-13-27-29-20-10-4-9-19-22(20)24(28-29)18-8-5-11-21(23(18)25(19)31)32-16-17-6-2-1-3-7-17/h1-11,26-27,30H,12-16H2. The van der Waals surface area contributed by atoms with Crippen LogP contribution in [0.3, 0.4) is 0 Å². The van der Waals surface area contributed by atoms with Gasteiger partial charge in [-0.1, -0.05) is 54.6 Å². The summed E-state index contributed by atoms with van der Waals surface area (Å²) in [7, 11) is 0. The van der Waals surface area contributed by atoms with Crippen molar-refractivity contribution in [3.63, 3.8) is 0 Å². The molecule has 7 nitrogen and oxygen atoms in total. The number of ether oxygens (including phenoxy) is 1. The van der Waals surface area contributed by atoms with Crippen LogP contribution in [0.4, 0.5) is 0 Å². The van der Waals surface area contributed by atoms with Crippen LogP contribution in [-0.4, -0.2) is 47.0 Å². The number of carbonyl (C=O) groups is 1. The van der Waals surface area contributed by atoms with Crippen molar-refractivity contribution in [3.8, 4) is 17.0 Å². The molecule has 0 amide bonds. The highest BCUT2D eigenvalue weighted by Gasteiger charge is 2.31. The number of fused-ring (bicyclic) bond motifs is 2. The first kappa shape index (κ1) is 20.2. The summed E-state index contributed by atoms with van der Waals surface area (Å²) in [6, 6.07) is 21.2.